The van der Waals surface area contributed by atoms with Gasteiger partial charge in [0.15, 0.2) is 5.60 Å². The number of rotatable bonds is 4. The molecule has 0 rings (SSSR count). The topological polar surface area (TPSA) is 46.5 Å². The van der Waals surface area contributed by atoms with Crippen molar-refractivity contribution in [2.24, 2.45) is 0 Å². The second-order valence-corrected chi connectivity index (χ2v) is 2.87. The number of aliphatic carboxylic acids is 1. The third kappa shape index (κ3) is 3.18. The molecule has 0 heterocycles. The van der Waals surface area contributed by atoms with Gasteiger partial charge in [-0.25, -0.2) is 4.79 Å². The summed E-state index contributed by atoms with van der Waals surface area (Å²) in [5.74, 6) is -0.966. The number of hydrogen-bond acceptors (Lipinski definition) is 2. The monoisotopic (exact) mass is 158 g/mol. The van der Waals surface area contributed by atoms with Crippen molar-refractivity contribution in [3.8, 4) is 0 Å². The lowest BCUT2D eigenvalue weighted by molar-refractivity contribution is -0.164. The van der Waals surface area contributed by atoms with E-state index in [4.69, 9.17) is 9.84 Å². The molecular formula is C8H14O3. The lowest BCUT2D eigenvalue weighted by atomic mass is 10.1. The average molecular weight is 158 g/mol. The van der Waals surface area contributed by atoms with Crippen LogP contribution in [0, 0.1) is 0 Å². The van der Waals surface area contributed by atoms with Gasteiger partial charge in [0.1, 0.15) is 0 Å². The summed E-state index contributed by atoms with van der Waals surface area (Å²) in [4.78, 5) is 10.5. The lowest BCUT2D eigenvalue weighted by Gasteiger charge is -2.22. The molecule has 0 saturated carbocycles. The number of carboxylic acids is 1. The summed E-state index contributed by atoms with van der Waals surface area (Å²) in [6, 6.07) is 0. The second kappa shape index (κ2) is 3.53. The summed E-state index contributed by atoms with van der Waals surface area (Å²) in [5, 5.41) is 8.63. The molecule has 3 heteroatoms. The van der Waals surface area contributed by atoms with E-state index in [9.17, 15) is 4.79 Å². The Bertz CT molecular complexity index is 161. The fourth-order valence-corrected chi connectivity index (χ4v) is 0.563. The molecule has 0 fully saturated rings. The van der Waals surface area contributed by atoms with Gasteiger partial charge in [0.2, 0.25) is 0 Å². The van der Waals surface area contributed by atoms with Crippen LogP contribution in [0.4, 0.5) is 0 Å². The van der Waals surface area contributed by atoms with E-state index in [1.807, 2.05) is 0 Å². The Morgan fingerprint density at radius 2 is 2.18 bits per heavy atom. The molecule has 0 aliphatic carbocycles. The van der Waals surface area contributed by atoms with E-state index in [0.717, 1.165) is 0 Å². The first-order valence-corrected chi connectivity index (χ1v) is 3.44. The van der Waals surface area contributed by atoms with Crippen LogP contribution in [0.25, 0.3) is 0 Å². The van der Waals surface area contributed by atoms with Gasteiger partial charge in [-0.3, -0.25) is 0 Å². The van der Waals surface area contributed by atoms with Crippen molar-refractivity contribution >= 4 is 5.97 Å². The highest BCUT2D eigenvalue weighted by molar-refractivity contribution is 5.76. The summed E-state index contributed by atoms with van der Waals surface area (Å²) < 4.78 is 5.13. The van der Waals surface area contributed by atoms with Crippen molar-refractivity contribution in [3.05, 3.63) is 12.7 Å². The summed E-state index contributed by atoms with van der Waals surface area (Å²) in [6.07, 6.45) is 1.33. The van der Waals surface area contributed by atoms with Crippen molar-refractivity contribution in [3.63, 3.8) is 0 Å². The fraction of sp³-hybridized carbons (Fsp3) is 0.625. The molecular weight excluding hydrogens is 144 g/mol. The molecule has 0 amide bonds. The molecule has 11 heavy (non-hydrogen) atoms. The Labute approximate surface area is 66.7 Å². The number of hydrogen-bond donors (Lipinski definition) is 1. The van der Waals surface area contributed by atoms with Crippen LogP contribution in [0.5, 0.6) is 0 Å². The summed E-state index contributed by atoms with van der Waals surface area (Å²) in [5.41, 5.74) is -1.13. The third-order valence-electron chi connectivity index (χ3n) is 1.33. The lowest BCUT2D eigenvalue weighted by Crippen LogP contribution is -2.37. The molecule has 0 aromatic rings. The van der Waals surface area contributed by atoms with Crippen molar-refractivity contribution < 1.29 is 14.6 Å². The van der Waals surface area contributed by atoms with Crippen molar-refractivity contribution in [1.82, 2.24) is 0 Å². The number of ether oxygens (including phenoxy) is 1. The minimum atomic E-state index is -1.13. The van der Waals surface area contributed by atoms with Crippen molar-refractivity contribution in [2.45, 2.75) is 32.5 Å². The molecule has 0 aromatic carbocycles. The van der Waals surface area contributed by atoms with E-state index in [0.29, 0.717) is 0 Å². The molecule has 0 aromatic heterocycles. The molecule has 1 N–H and O–H groups in total. The van der Waals surface area contributed by atoms with Gasteiger partial charge in [0.05, 0.1) is 6.10 Å². The van der Waals surface area contributed by atoms with Gasteiger partial charge in [-0.2, -0.15) is 0 Å². The molecule has 0 spiro atoms. The van der Waals surface area contributed by atoms with E-state index >= 15 is 0 Å². The SMILES string of the molecule is C=CC(C)OC(C)(C)C(=O)O. The second-order valence-electron chi connectivity index (χ2n) is 2.87. The first-order valence-electron chi connectivity index (χ1n) is 3.44. The van der Waals surface area contributed by atoms with Gasteiger partial charge in [0, 0.05) is 0 Å². The summed E-state index contributed by atoms with van der Waals surface area (Å²) in [7, 11) is 0. The molecule has 0 bridgehead atoms. The van der Waals surface area contributed by atoms with Crippen LogP contribution in [-0.2, 0) is 9.53 Å². The van der Waals surface area contributed by atoms with Gasteiger partial charge >= 0.3 is 5.97 Å². The predicted octanol–water partition coefficient (Wildman–Crippen LogP) is 1.44. The van der Waals surface area contributed by atoms with E-state index in [1.165, 1.54) is 13.8 Å². The minimum absolute atomic E-state index is 0.235. The Morgan fingerprint density at radius 1 is 1.73 bits per heavy atom. The number of carbonyl (C=O) groups is 1. The van der Waals surface area contributed by atoms with Crippen LogP contribution in [-0.4, -0.2) is 22.8 Å². The Morgan fingerprint density at radius 3 is 2.45 bits per heavy atom. The molecule has 0 aliphatic heterocycles. The smallest absolute Gasteiger partial charge is 0.335 e. The standard InChI is InChI=1S/C8H14O3/c1-5-6(2)11-8(3,4)7(9)10/h5-6H,1H2,2-4H3,(H,9,10). The van der Waals surface area contributed by atoms with Crippen LogP contribution < -0.4 is 0 Å². The molecule has 64 valence electrons. The molecule has 1 unspecified atom stereocenters. The van der Waals surface area contributed by atoms with Gasteiger partial charge < -0.3 is 9.84 Å². The largest absolute Gasteiger partial charge is 0.479 e. The van der Waals surface area contributed by atoms with Gasteiger partial charge in [-0.1, -0.05) is 6.08 Å². The van der Waals surface area contributed by atoms with Gasteiger partial charge in [-0.05, 0) is 20.8 Å². The maximum Gasteiger partial charge on any atom is 0.335 e. The van der Waals surface area contributed by atoms with Gasteiger partial charge in [0.25, 0.3) is 0 Å². The molecule has 0 saturated heterocycles. The van der Waals surface area contributed by atoms with Crippen molar-refractivity contribution in [1.29, 1.82) is 0 Å². The van der Waals surface area contributed by atoms with Gasteiger partial charge in [-0.15, -0.1) is 6.58 Å². The van der Waals surface area contributed by atoms with Crippen molar-refractivity contribution in [2.75, 3.05) is 0 Å². The van der Waals surface area contributed by atoms with Crippen LogP contribution in [0.15, 0.2) is 12.7 Å². The minimum Gasteiger partial charge on any atom is -0.479 e. The van der Waals surface area contributed by atoms with E-state index < -0.39 is 11.6 Å². The van der Waals surface area contributed by atoms with Crippen LogP contribution in [0.2, 0.25) is 0 Å². The zero-order valence-corrected chi connectivity index (χ0v) is 7.13. The average Bonchev–Trinajstić information content (AvgIpc) is 1.86. The van der Waals surface area contributed by atoms with E-state index in [2.05, 4.69) is 6.58 Å². The summed E-state index contributed by atoms with van der Waals surface area (Å²) >= 11 is 0. The molecule has 0 radical (unpaired) electrons. The maximum atomic E-state index is 10.5. The molecule has 3 nitrogen and oxygen atoms in total. The highest BCUT2D eigenvalue weighted by atomic mass is 16.5. The first-order chi connectivity index (χ1) is 4.90. The maximum absolute atomic E-state index is 10.5. The van der Waals surface area contributed by atoms with E-state index in [1.54, 1.807) is 13.0 Å². The predicted molar refractivity (Wildman–Crippen MR) is 42.5 cm³/mol. The van der Waals surface area contributed by atoms with Crippen LogP contribution >= 0.6 is 0 Å². The highest BCUT2D eigenvalue weighted by Gasteiger charge is 2.29. The highest BCUT2D eigenvalue weighted by Crippen LogP contribution is 2.12. The molecule has 0 aliphatic rings. The fourth-order valence-electron chi connectivity index (χ4n) is 0.563. The Balaban J connectivity index is 4.11. The first kappa shape index (κ1) is 10.2. The van der Waals surface area contributed by atoms with E-state index in [-0.39, 0.29) is 6.10 Å². The van der Waals surface area contributed by atoms with Crippen LogP contribution in [0.3, 0.4) is 0 Å². The zero-order valence-electron chi connectivity index (χ0n) is 7.13. The number of carboxylic acid groups (broad SMARTS) is 1. The Kier molecular flexibility index (Phi) is 3.26. The Hall–Kier alpha value is -0.830. The zero-order chi connectivity index (χ0) is 9.07. The quantitative estimate of drug-likeness (QED) is 0.630. The summed E-state index contributed by atoms with van der Waals surface area (Å²) in [6.45, 7) is 8.25. The third-order valence-corrected chi connectivity index (χ3v) is 1.33. The normalized spacial score (nSPS) is 14.1. The molecule has 1 atom stereocenters. The van der Waals surface area contributed by atoms with Crippen LogP contribution in [0.1, 0.15) is 20.8 Å².